The quantitative estimate of drug-likeness (QED) is 0.724. The van der Waals surface area contributed by atoms with Gasteiger partial charge in [0.25, 0.3) is 0 Å². The van der Waals surface area contributed by atoms with Crippen molar-refractivity contribution in [2.24, 2.45) is 0 Å². The van der Waals surface area contributed by atoms with Gasteiger partial charge in [-0.25, -0.2) is 0 Å². The van der Waals surface area contributed by atoms with Crippen molar-refractivity contribution in [2.45, 2.75) is 34.6 Å². The summed E-state index contributed by atoms with van der Waals surface area (Å²) < 4.78 is 0. The maximum absolute atomic E-state index is 12.6. The highest BCUT2D eigenvalue weighted by atomic mass is 32.1. The molecule has 0 bridgehead atoms. The largest absolute Gasteiger partial charge is 0.288 e. The molecule has 1 aromatic heterocycles. The van der Waals surface area contributed by atoms with E-state index in [1.165, 1.54) is 10.4 Å². The zero-order chi connectivity index (χ0) is 13.4. The van der Waals surface area contributed by atoms with Gasteiger partial charge in [0.2, 0.25) is 5.78 Å². The number of ketones is 1. The Kier molecular flexibility index (Phi) is 3.40. The maximum Gasteiger partial charge on any atom is 0.203 e. The maximum atomic E-state index is 12.6. The molecule has 0 saturated carbocycles. The molecule has 1 nitrogen and oxygen atoms in total. The van der Waals surface area contributed by atoms with Crippen LogP contribution < -0.4 is 0 Å². The molecule has 2 heteroatoms. The summed E-state index contributed by atoms with van der Waals surface area (Å²) in [6, 6.07) is 6.24. The van der Waals surface area contributed by atoms with Crippen molar-refractivity contribution >= 4 is 17.1 Å². The van der Waals surface area contributed by atoms with Crippen LogP contribution in [-0.2, 0) is 0 Å². The van der Waals surface area contributed by atoms with Crippen LogP contribution in [0.4, 0.5) is 0 Å². The first-order valence-electron chi connectivity index (χ1n) is 6.09. The summed E-state index contributed by atoms with van der Waals surface area (Å²) >= 11 is 1.59. The average Bonchev–Trinajstić information content (AvgIpc) is 2.56. The minimum atomic E-state index is 0.167. The second-order valence-corrected chi connectivity index (χ2v) is 6.23. The van der Waals surface area contributed by atoms with Crippen LogP contribution in [0.15, 0.2) is 18.2 Å². The van der Waals surface area contributed by atoms with Crippen LogP contribution in [0.5, 0.6) is 0 Å². The third-order valence-corrected chi connectivity index (χ3v) is 4.30. The molecule has 1 heterocycles. The molecule has 18 heavy (non-hydrogen) atoms. The summed E-state index contributed by atoms with van der Waals surface area (Å²) in [5.41, 5.74) is 5.30. The molecule has 0 fully saturated rings. The standard InChI is InChI=1S/C16H18OS/c1-9-6-10(2)14(11(3)7-9)15(17)16-12(4)8-13(5)18-16/h6-8H,1-5H3. The molecule has 1 aromatic carbocycles. The van der Waals surface area contributed by atoms with Gasteiger partial charge < -0.3 is 0 Å². The van der Waals surface area contributed by atoms with Crippen molar-refractivity contribution in [3.8, 4) is 0 Å². The summed E-state index contributed by atoms with van der Waals surface area (Å²) in [5.74, 6) is 0.167. The van der Waals surface area contributed by atoms with Gasteiger partial charge in [0.05, 0.1) is 4.88 Å². The Labute approximate surface area is 112 Å². The summed E-state index contributed by atoms with van der Waals surface area (Å²) in [6.45, 7) is 10.2. The Morgan fingerprint density at radius 2 is 1.44 bits per heavy atom. The minimum Gasteiger partial charge on any atom is -0.288 e. The average molecular weight is 258 g/mol. The highest BCUT2D eigenvalue weighted by Crippen LogP contribution is 2.27. The van der Waals surface area contributed by atoms with E-state index in [0.717, 1.165) is 27.1 Å². The molecular formula is C16H18OS. The zero-order valence-corrected chi connectivity index (χ0v) is 12.4. The lowest BCUT2D eigenvalue weighted by molar-refractivity contribution is 0.104. The predicted octanol–water partition coefficient (Wildman–Crippen LogP) is 4.52. The zero-order valence-electron chi connectivity index (χ0n) is 11.5. The highest BCUT2D eigenvalue weighted by Gasteiger charge is 2.18. The van der Waals surface area contributed by atoms with Gasteiger partial charge in [-0.3, -0.25) is 4.79 Å². The second-order valence-electron chi connectivity index (χ2n) is 4.97. The van der Waals surface area contributed by atoms with E-state index in [9.17, 15) is 4.79 Å². The summed E-state index contributed by atoms with van der Waals surface area (Å²) in [6.07, 6.45) is 0. The Bertz CT molecular complexity index is 597. The second kappa shape index (κ2) is 4.69. The number of rotatable bonds is 2. The first-order valence-corrected chi connectivity index (χ1v) is 6.91. The molecule has 0 aliphatic rings. The van der Waals surface area contributed by atoms with Crippen molar-refractivity contribution in [3.63, 3.8) is 0 Å². The van der Waals surface area contributed by atoms with Crippen LogP contribution in [0.1, 0.15) is 42.4 Å². The van der Waals surface area contributed by atoms with Gasteiger partial charge >= 0.3 is 0 Å². The third kappa shape index (κ3) is 2.25. The van der Waals surface area contributed by atoms with E-state index in [1.54, 1.807) is 11.3 Å². The Hall–Kier alpha value is -1.41. The van der Waals surface area contributed by atoms with E-state index in [0.29, 0.717) is 0 Å². The Morgan fingerprint density at radius 1 is 0.889 bits per heavy atom. The van der Waals surface area contributed by atoms with Gasteiger partial charge in [-0.15, -0.1) is 11.3 Å². The van der Waals surface area contributed by atoms with Crippen molar-refractivity contribution < 1.29 is 4.79 Å². The van der Waals surface area contributed by atoms with E-state index < -0.39 is 0 Å². The van der Waals surface area contributed by atoms with Crippen LogP contribution in [-0.4, -0.2) is 5.78 Å². The number of hydrogen-bond acceptors (Lipinski definition) is 2. The fraction of sp³-hybridized carbons (Fsp3) is 0.312. The molecule has 0 aliphatic heterocycles. The van der Waals surface area contributed by atoms with Gasteiger partial charge in [-0.2, -0.15) is 0 Å². The fourth-order valence-electron chi connectivity index (χ4n) is 2.52. The molecule has 0 aliphatic carbocycles. The molecular weight excluding hydrogens is 240 g/mol. The SMILES string of the molecule is Cc1cc(C)c(C(=O)c2sc(C)cc2C)c(C)c1. The molecule has 94 valence electrons. The van der Waals surface area contributed by atoms with Crippen LogP contribution in [0.2, 0.25) is 0 Å². The van der Waals surface area contributed by atoms with Crippen LogP contribution in [0.25, 0.3) is 0 Å². The van der Waals surface area contributed by atoms with Gasteiger partial charge in [-0.1, -0.05) is 17.7 Å². The van der Waals surface area contributed by atoms with Gasteiger partial charge in [0, 0.05) is 10.4 Å². The number of benzene rings is 1. The molecule has 0 amide bonds. The van der Waals surface area contributed by atoms with Crippen molar-refractivity contribution in [3.05, 3.63) is 55.8 Å². The van der Waals surface area contributed by atoms with E-state index in [-0.39, 0.29) is 5.78 Å². The van der Waals surface area contributed by atoms with Crippen LogP contribution in [0, 0.1) is 34.6 Å². The van der Waals surface area contributed by atoms with E-state index in [1.807, 2.05) is 27.7 Å². The monoisotopic (exact) mass is 258 g/mol. The first kappa shape index (κ1) is 13.0. The molecule has 2 aromatic rings. The van der Waals surface area contributed by atoms with Crippen molar-refractivity contribution in [1.29, 1.82) is 0 Å². The van der Waals surface area contributed by atoms with E-state index >= 15 is 0 Å². The summed E-state index contributed by atoms with van der Waals surface area (Å²) in [7, 11) is 0. The molecule has 0 N–H and O–H groups in total. The molecule has 0 unspecified atom stereocenters. The molecule has 0 atom stereocenters. The number of carbonyl (C=O) groups excluding carboxylic acids is 1. The molecule has 0 spiro atoms. The topological polar surface area (TPSA) is 17.1 Å². The normalized spacial score (nSPS) is 10.7. The lowest BCUT2D eigenvalue weighted by Gasteiger charge is -2.09. The smallest absolute Gasteiger partial charge is 0.203 e. The fourth-order valence-corrected chi connectivity index (χ4v) is 3.49. The highest BCUT2D eigenvalue weighted by molar-refractivity contribution is 7.14. The molecule has 0 radical (unpaired) electrons. The Balaban J connectivity index is 2.56. The van der Waals surface area contributed by atoms with Gasteiger partial charge in [0.1, 0.15) is 0 Å². The van der Waals surface area contributed by atoms with Crippen LogP contribution >= 0.6 is 11.3 Å². The first-order chi connectivity index (χ1) is 8.40. The number of aryl methyl sites for hydroxylation is 5. The van der Waals surface area contributed by atoms with E-state index in [2.05, 4.69) is 25.1 Å². The summed E-state index contributed by atoms with van der Waals surface area (Å²) in [4.78, 5) is 14.7. The van der Waals surface area contributed by atoms with Gasteiger partial charge in [0.15, 0.2) is 0 Å². The van der Waals surface area contributed by atoms with Crippen molar-refractivity contribution in [2.75, 3.05) is 0 Å². The number of carbonyl (C=O) groups is 1. The molecule has 0 saturated heterocycles. The third-order valence-electron chi connectivity index (χ3n) is 3.15. The number of thiophene rings is 1. The Morgan fingerprint density at radius 3 is 1.89 bits per heavy atom. The lowest BCUT2D eigenvalue weighted by atomic mass is 9.95. The van der Waals surface area contributed by atoms with E-state index in [4.69, 9.17) is 0 Å². The number of hydrogen-bond donors (Lipinski definition) is 0. The van der Waals surface area contributed by atoms with Crippen LogP contribution in [0.3, 0.4) is 0 Å². The summed E-state index contributed by atoms with van der Waals surface area (Å²) in [5, 5.41) is 0. The molecule has 2 rings (SSSR count). The van der Waals surface area contributed by atoms with Crippen molar-refractivity contribution in [1.82, 2.24) is 0 Å². The lowest BCUT2D eigenvalue weighted by Crippen LogP contribution is -2.06. The minimum absolute atomic E-state index is 0.167. The van der Waals surface area contributed by atoms with Gasteiger partial charge in [-0.05, 0) is 57.4 Å². The predicted molar refractivity (Wildman–Crippen MR) is 77.9 cm³/mol.